The van der Waals surface area contributed by atoms with E-state index in [2.05, 4.69) is 0 Å². The number of ether oxygens (including phenoxy) is 1. The highest BCUT2D eigenvalue weighted by atomic mass is 32.2. The molecule has 1 heterocycles. The molecule has 1 aliphatic heterocycles. The van der Waals surface area contributed by atoms with Crippen LogP contribution in [0.3, 0.4) is 0 Å². The first-order valence-corrected chi connectivity index (χ1v) is 8.05. The molecule has 0 aromatic heterocycles. The van der Waals surface area contributed by atoms with Crippen LogP contribution >= 0.6 is 0 Å². The summed E-state index contributed by atoms with van der Waals surface area (Å²) in [6.45, 7) is 2.05. The molecule has 1 aromatic rings. The van der Waals surface area contributed by atoms with Gasteiger partial charge < -0.3 is 14.7 Å². The Morgan fingerprint density at radius 3 is 2.86 bits per heavy atom. The molecule has 0 saturated carbocycles. The summed E-state index contributed by atoms with van der Waals surface area (Å²) in [6, 6.07) is 4.50. The van der Waals surface area contributed by atoms with Gasteiger partial charge in [-0.05, 0) is 24.6 Å². The summed E-state index contributed by atoms with van der Waals surface area (Å²) >= 11 is 0. The lowest BCUT2D eigenvalue weighted by Gasteiger charge is -2.33. The van der Waals surface area contributed by atoms with Gasteiger partial charge in [-0.3, -0.25) is 4.79 Å². The van der Waals surface area contributed by atoms with E-state index in [4.69, 9.17) is 9.84 Å². The van der Waals surface area contributed by atoms with E-state index in [1.54, 1.807) is 6.07 Å². The number of carbonyl (C=O) groups is 1. The van der Waals surface area contributed by atoms with Crippen LogP contribution in [0.4, 0.5) is 5.69 Å². The third-order valence-corrected chi connectivity index (χ3v) is 4.69. The van der Waals surface area contributed by atoms with E-state index >= 15 is 0 Å². The Kier molecular flexibility index (Phi) is 4.38. The average molecular weight is 314 g/mol. The summed E-state index contributed by atoms with van der Waals surface area (Å²) in [5.74, 6) is -0.601. The molecule has 0 radical (unpaired) electrons. The molecule has 0 amide bonds. The Morgan fingerprint density at radius 2 is 2.24 bits per heavy atom. The normalized spacial score (nSPS) is 18.0. The summed E-state index contributed by atoms with van der Waals surface area (Å²) in [6.07, 6.45) is 0.944. The molecule has 0 spiro atoms. The van der Waals surface area contributed by atoms with E-state index in [1.165, 1.54) is 12.1 Å². The van der Waals surface area contributed by atoms with Crippen LogP contribution in [0.2, 0.25) is 0 Å². The predicted octanol–water partition coefficient (Wildman–Crippen LogP) is 0.657. The van der Waals surface area contributed by atoms with Crippen molar-refractivity contribution in [2.75, 3.05) is 25.0 Å². The van der Waals surface area contributed by atoms with E-state index in [9.17, 15) is 13.2 Å². The molecule has 1 atom stereocenters. The molecule has 0 fully saturated rings. The lowest BCUT2D eigenvalue weighted by atomic mass is 10.2. The second kappa shape index (κ2) is 5.90. The van der Waals surface area contributed by atoms with Crippen molar-refractivity contribution in [1.82, 2.24) is 4.72 Å². The van der Waals surface area contributed by atoms with Gasteiger partial charge in [0, 0.05) is 7.05 Å². The average Bonchev–Trinajstić information content (AvgIpc) is 2.44. The Balaban J connectivity index is 2.29. The number of nitrogens with one attached hydrogen (secondary N) is 1. The zero-order chi connectivity index (χ0) is 15.6. The van der Waals surface area contributed by atoms with Gasteiger partial charge >= 0.3 is 5.97 Å². The van der Waals surface area contributed by atoms with Crippen molar-refractivity contribution in [2.45, 2.75) is 24.3 Å². The summed E-state index contributed by atoms with van der Waals surface area (Å²) in [5.41, 5.74) is 0.679. The van der Waals surface area contributed by atoms with Crippen molar-refractivity contribution < 1.29 is 23.1 Å². The van der Waals surface area contributed by atoms with Crippen LogP contribution < -0.4 is 14.4 Å². The molecule has 2 N–H and O–H groups in total. The molecule has 21 heavy (non-hydrogen) atoms. The molecule has 0 saturated heterocycles. The first kappa shape index (κ1) is 15.6. The quantitative estimate of drug-likeness (QED) is 0.829. The predicted molar refractivity (Wildman–Crippen MR) is 77.2 cm³/mol. The molecule has 0 aliphatic carbocycles. The van der Waals surface area contributed by atoms with Crippen LogP contribution in [-0.2, 0) is 14.8 Å². The number of sulfonamides is 1. The highest BCUT2D eigenvalue weighted by molar-refractivity contribution is 7.89. The fourth-order valence-corrected chi connectivity index (χ4v) is 3.13. The van der Waals surface area contributed by atoms with E-state index in [1.807, 2.05) is 23.6 Å². The van der Waals surface area contributed by atoms with Crippen molar-refractivity contribution in [3.8, 4) is 5.75 Å². The lowest BCUT2D eigenvalue weighted by Crippen LogP contribution is -2.37. The van der Waals surface area contributed by atoms with Crippen LogP contribution in [-0.4, -0.2) is 45.7 Å². The number of anilines is 1. The van der Waals surface area contributed by atoms with Gasteiger partial charge in [-0.25, -0.2) is 8.42 Å². The summed E-state index contributed by atoms with van der Waals surface area (Å²) in [4.78, 5) is 12.4. The van der Waals surface area contributed by atoms with E-state index in [-0.39, 0.29) is 11.0 Å². The van der Waals surface area contributed by atoms with Gasteiger partial charge in [0.05, 0.1) is 17.1 Å². The van der Waals surface area contributed by atoms with Gasteiger partial charge in [-0.1, -0.05) is 6.92 Å². The SMILES string of the molecule is CCC1CN(C)c2cc(S(=O)(=O)NCC(=O)O)ccc2O1. The van der Waals surface area contributed by atoms with Crippen molar-refractivity contribution in [1.29, 1.82) is 0 Å². The van der Waals surface area contributed by atoms with Crippen LogP contribution in [0.15, 0.2) is 23.1 Å². The molecule has 1 aromatic carbocycles. The molecular formula is C13H18N2O5S. The van der Waals surface area contributed by atoms with Crippen molar-refractivity contribution in [3.63, 3.8) is 0 Å². The maximum absolute atomic E-state index is 12.0. The smallest absolute Gasteiger partial charge is 0.318 e. The zero-order valence-corrected chi connectivity index (χ0v) is 12.7. The first-order valence-electron chi connectivity index (χ1n) is 6.56. The number of hydrogen-bond acceptors (Lipinski definition) is 5. The fraction of sp³-hybridized carbons (Fsp3) is 0.462. The van der Waals surface area contributed by atoms with Crippen molar-refractivity contribution >= 4 is 21.7 Å². The molecule has 8 heteroatoms. The second-order valence-corrected chi connectivity index (χ2v) is 6.64. The highest BCUT2D eigenvalue weighted by Gasteiger charge is 2.25. The zero-order valence-electron chi connectivity index (χ0n) is 11.9. The molecule has 116 valence electrons. The third-order valence-electron chi connectivity index (χ3n) is 3.29. The van der Waals surface area contributed by atoms with E-state index < -0.39 is 22.5 Å². The number of rotatable bonds is 5. The number of benzene rings is 1. The topological polar surface area (TPSA) is 95.9 Å². The van der Waals surface area contributed by atoms with Gasteiger partial charge in [0.1, 0.15) is 18.4 Å². The molecule has 1 unspecified atom stereocenters. The van der Waals surface area contributed by atoms with E-state index in [0.717, 1.165) is 6.42 Å². The largest absolute Gasteiger partial charge is 0.486 e. The maximum atomic E-state index is 12.0. The summed E-state index contributed by atoms with van der Waals surface area (Å²) in [5, 5.41) is 8.56. The number of carboxylic acids is 1. The minimum Gasteiger partial charge on any atom is -0.486 e. The number of fused-ring (bicyclic) bond motifs is 1. The lowest BCUT2D eigenvalue weighted by molar-refractivity contribution is -0.135. The van der Waals surface area contributed by atoms with E-state index in [0.29, 0.717) is 18.0 Å². The molecule has 7 nitrogen and oxygen atoms in total. The monoisotopic (exact) mass is 314 g/mol. The third kappa shape index (κ3) is 3.45. The summed E-state index contributed by atoms with van der Waals surface area (Å²) < 4.78 is 31.8. The number of nitrogens with zero attached hydrogens (tertiary/aromatic N) is 1. The summed E-state index contributed by atoms with van der Waals surface area (Å²) in [7, 11) is -1.98. The minimum atomic E-state index is -3.84. The van der Waals surface area contributed by atoms with Crippen LogP contribution in [0, 0.1) is 0 Å². The molecular weight excluding hydrogens is 296 g/mol. The van der Waals surface area contributed by atoms with Gasteiger partial charge in [0.2, 0.25) is 10.0 Å². The van der Waals surface area contributed by atoms with Gasteiger partial charge in [0.25, 0.3) is 0 Å². The first-order chi connectivity index (χ1) is 9.83. The number of aliphatic carboxylic acids is 1. The van der Waals surface area contributed by atoms with Crippen LogP contribution in [0.25, 0.3) is 0 Å². The molecule has 1 aliphatic rings. The molecule has 0 bridgehead atoms. The Bertz CT molecular complexity index is 644. The minimum absolute atomic E-state index is 0.0212. The van der Waals surface area contributed by atoms with Crippen molar-refractivity contribution in [2.24, 2.45) is 0 Å². The van der Waals surface area contributed by atoms with Crippen molar-refractivity contribution in [3.05, 3.63) is 18.2 Å². The van der Waals surface area contributed by atoms with Crippen LogP contribution in [0.1, 0.15) is 13.3 Å². The maximum Gasteiger partial charge on any atom is 0.318 e. The van der Waals surface area contributed by atoms with Gasteiger partial charge in [0.15, 0.2) is 0 Å². The van der Waals surface area contributed by atoms with Gasteiger partial charge in [-0.2, -0.15) is 4.72 Å². The Labute approximate surface area is 123 Å². The molecule has 2 rings (SSSR count). The second-order valence-electron chi connectivity index (χ2n) is 4.88. The Morgan fingerprint density at radius 1 is 1.52 bits per heavy atom. The van der Waals surface area contributed by atoms with Gasteiger partial charge in [-0.15, -0.1) is 0 Å². The Hall–Kier alpha value is -1.80. The number of carboxylic acid groups (broad SMARTS) is 1. The number of hydrogen-bond donors (Lipinski definition) is 2. The number of likely N-dealkylation sites (N-methyl/N-ethyl adjacent to an activating group) is 1. The fourth-order valence-electron chi connectivity index (χ4n) is 2.14. The standard InChI is InChI=1S/C13H18N2O5S/c1-3-9-8-15(2)11-6-10(4-5-12(11)20-9)21(18,19)14-7-13(16)17/h4-6,9,14H,3,7-8H2,1-2H3,(H,16,17). The van der Waals surface area contributed by atoms with Crippen LogP contribution in [0.5, 0.6) is 5.75 Å². The highest BCUT2D eigenvalue weighted by Crippen LogP contribution is 2.35.